The van der Waals surface area contributed by atoms with Crippen molar-refractivity contribution in [3.05, 3.63) is 24.3 Å². The van der Waals surface area contributed by atoms with Gasteiger partial charge in [-0.15, -0.1) is 0 Å². The van der Waals surface area contributed by atoms with Gasteiger partial charge in [0.25, 0.3) is 0 Å². The number of unbranched alkanes of at least 4 members (excludes halogenated alkanes) is 29. The lowest BCUT2D eigenvalue weighted by Gasteiger charge is -2.21. The zero-order valence-electron chi connectivity index (χ0n) is 54.4. The third-order valence-corrected chi connectivity index (χ3v) is 16.8. The number of rotatable bonds is 63. The van der Waals surface area contributed by atoms with E-state index in [1.165, 1.54) is 103 Å². The lowest BCUT2D eigenvalue weighted by Crippen LogP contribution is -2.30. The van der Waals surface area contributed by atoms with Crippen molar-refractivity contribution in [3.63, 3.8) is 0 Å². The molecule has 0 heterocycles. The van der Waals surface area contributed by atoms with Crippen molar-refractivity contribution in [3.8, 4) is 0 Å². The number of aliphatic hydroxyl groups excluding tert-OH is 1. The van der Waals surface area contributed by atoms with Gasteiger partial charge < -0.3 is 33.8 Å². The van der Waals surface area contributed by atoms with Gasteiger partial charge in [0.1, 0.15) is 19.3 Å². The quantitative estimate of drug-likeness (QED) is 0.0169. The highest BCUT2D eigenvalue weighted by Crippen LogP contribution is 2.45. The van der Waals surface area contributed by atoms with Crippen molar-refractivity contribution in [1.29, 1.82) is 0 Å². The Morgan fingerprint density at radius 1 is 0.388 bits per heavy atom. The molecule has 0 aromatic rings. The molecule has 0 aromatic heterocycles. The van der Waals surface area contributed by atoms with Crippen molar-refractivity contribution < 1.29 is 80.2 Å². The minimum Gasteiger partial charge on any atom is -0.462 e. The minimum absolute atomic E-state index is 0.0846. The summed E-state index contributed by atoms with van der Waals surface area (Å²) in [7, 11) is -9.90. The third kappa shape index (κ3) is 59.0. The molecular weight excluding hydrogens is 1130 g/mol. The first-order valence-electron chi connectivity index (χ1n) is 33.8. The van der Waals surface area contributed by atoms with E-state index in [1.807, 2.05) is 0 Å². The van der Waals surface area contributed by atoms with Crippen LogP contribution in [-0.2, 0) is 65.4 Å². The van der Waals surface area contributed by atoms with E-state index in [1.54, 1.807) is 0 Å². The molecule has 6 atom stereocenters. The van der Waals surface area contributed by atoms with Crippen LogP contribution < -0.4 is 0 Å². The molecule has 0 radical (unpaired) electrons. The van der Waals surface area contributed by atoms with Gasteiger partial charge in [-0.25, -0.2) is 9.13 Å². The summed E-state index contributed by atoms with van der Waals surface area (Å²) >= 11 is 0. The normalized spacial score (nSPS) is 14.8. The number of phosphoric ester groups is 2. The van der Waals surface area contributed by atoms with Gasteiger partial charge in [-0.05, 0) is 63.2 Å². The molecule has 17 nitrogen and oxygen atoms in total. The zero-order valence-corrected chi connectivity index (χ0v) is 56.2. The predicted molar refractivity (Wildman–Crippen MR) is 340 cm³/mol. The molecule has 0 aromatic carbocycles. The number of hydrogen-bond donors (Lipinski definition) is 3. The summed E-state index contributed by atoms with van der Waals surface area (Å²) < 4.78 is 68.0. The summed E-state index contributed by atoms with van der Waals surface area (Å²) in [5, 5.41) is 10.5. The van der Waals surface area contributed by atoms with Gasteiger partial charge in [0.2, 0.25) is 0 Å². The summed E-state index contributed by atoms with van der Waals surface area (Å²) in [5.74, 6) is -0.770. The van der Waals surface area contributed by atoms with Crippen molar-refractivity contribution in [1.82, 2.24) is 0 Å². The Morgan fingerprint density at radius 2 is 0.694 bits per heavy atom. The van der Waals surface area contributed by atoms with E-state index in [9.17, 15) is 43.2 Å². The summed E-state index contributed by atoms with van der Waals surface area (Å²) in [5.41, 5.74) is 0. The van der Waals surface area contributed by atoms with Crippen LogP contribution in [0.5, 0.6) is 0 Å². The summed E-state index contributed by atoms with van der Waals surface area (Å²) in [6, 6.07) is 0. The highest BCUT2D eigenvalue weighted by atomic mass is 31.2. The molecule has 0 aliphatic rings. The lowest BCUT2D eigenvalue weighted by molar-refractivity contribution is -0.161. The average molecular weight is 1250 g/mol. The Labute approximate surface area is 516 Å². The maximum absolute atomic E-state index is 13.0. The molecule has 3 unspecified atom stereocenters. The second-order valence-electron chi connectivity index (χ2n) is 23.9. The van der Waals surface area contributed by atoms with Crippen LogP contribution in [0.2, 0.25) is 0 Å². The van der Waals surface area contributed by atoms with E-state index in [0.29, 0.717) is 31.6 Å². The number of phosphoric acid groups is 2. The average Bonchev–Trinajstić information content (AvgIpc) is 3.61. The SMILES string of the molecule is CCCCCC/C=C\C=C/CCCCCCCC(=O)O[C@H](COC(=O)CCCCCCCCCCCCC)COP(=O)(O)OC[C@@H](O)COP(=O)(O)OC[C@@H](COC(=O)CCCCCCCCC(C)C)OC(=O)CCCCCCCCC(C)CC. The molecular formula is C66H124O17P2. The molecule has 500 valence electrons. The molecule has 0 saturated carbocycles. The van der Waals surface area contributed by atoms with E-state index in [-0.39, 0.29) is 25.7 Å². The number of carbonyl (C=O) groups excluding carboxylic acids is 4. The maximum atomic E-state index is 13.0. The second kappa shape index (κ2) is 57.9. The molecule has 19 heteroatoms. The molecule has 0 saturated heterocycles. The number of hydrogen-bond acceptors (Lipinski definition) is 15. The first-order chi connectivity index (χ1) is 40.9. The van der Waals surface area contributed by atoms with Crippen molar-refractivity contribution in [2.24, 2.45) is 11.8 Å². The Hall–Kier alpha value is -2.46. The fraction of sp³-hybridized carbons (Fsp3) is 0.879. The number of esters is 4. The van der Waals surface area contributed by atoms with Crippen LogP contribution in [-0.4, -0.2) is 96.7 Å². The smallest absolute Gasteiger partial charge is 0.462 e. The van der Waals surface area contributed by atoms with Gasteiger partial charge in [0, 0.05) is 25.7 Å². The van der Waals surface area contributed by atoms with Crippen LogP contribution in [0.1, 0.15) is 305 Å². The minimum atomic E-state index is -4.95. The second-order valence-corrected chi connectivity index (χ2v) is 26.8. The van der Waals surface area contributed by atoms with E-state index in [2.05, 4.69) is 65.8 Å². The van der Waals surface area contributed by atoms with Gasteiger partial charge in [-0.3, -0.25) is 37.3 Å². The van der Waals surface area contributed by atoms with Crippen LogP contribution in [0.3, 0.4) is 0 Å². The zero-order chi connectivity index (χ0) is 62.9. The molecule has 3 N–H and O–H groups in total. The molecule has 0 rings (SSSR count). The van der Waals surface area contributed by atoms with E-state index >= 15 is 0 Å². The maximum Gasteiger partial charge on any atom is 0.472 e. The Balaban J connectivity index is 5.28. The molecule has 0 spiro atoms. The predicted octanol–water partition coefficient (Wildman–Crippen LogP) is 18.0. The van der Waals surface area contributed by atoms with Crippen molar-refractivity contribution in [2.75, 3.05) is 39.6 Å². The molecule has 0 fully saturated rings. The largest absolute Gasteiger partial charge is 0.472 e. The van der Waals surface area contributed by atoms with Crippen LogP contribution in [0, 0.1) is 11.8 Å². The van der Waals surface area contributed by atoms with E-state index in [4.69, 9.17) is 37.0 Å². The van der Waals surface area contributed by atoms with Crippen LogP contribution >= 0.6 is 15.6 Å². The summed E-state index contributed by atoms with van der Waals surface area (Å²) in [6.45, 7) is 9.30. The topological polar surface area (TPSA) is 237 Å². The first kappa shape index (κ1) is 82.5. The third-order valence-electron chi connectivity index (χ3n) is 14.9. The molecule has 85 heavy (non-hydrogen) atoms. The Morgan fingerprint density at radius 3 is 1.06 bits per heavy atom. The molecule has 0 bridgehead atoms. The van der Waals surface area contributed by atoms with E-state index < -0.39 is 97.5 Å². The number of allylic oxidation sites excluding steroid dienone is 4. The number of carbonyl (C=O) groups is 4. The Bertz CT molecular complexity index is 1760. The van der Waals surface area contributed by atoms with Gasteiger partial charge >= 0.3 is 39.5 Å². The summed E-state index contributed by atoms with van der Waals surface area (Å²) in [4.78, 5) is 72.2. The highest BCUT2D eigenvalue weighted by molar-refractivity contribution is 7.47. The van der Waals surface area contributed by atoms with Gasteiger partial charge in [0.15, 0.2) is 12.2 Å². The van der Waals surface area contributed by atoms with Crippen molar-refractivity contribution in [2.45, 2.75) is 323 Å². The van der Waals surface area contributed by atoms with Gasteiger partial charge in [0.05, 0.1) is 26.4 Å². The fourth-order valence-corrected chi connectivity index (χ4v) is 10.9. The highest BCUT2D eigenvalue weighted by Gasteiger charge is 2.30. The monoisotopic (exact) mass is 1250 g/mol. The van der Waals surface area contributed by atoms with Gasteiger partial charge in [-0.2, -0.15) is 0 Å². The number of ether oxygens (including phenoxy) is 4. The lowest BCUT2D eigenvalue weighted by atomic mass is 10.00. The van der Waals surface area contributed by atoms with E-state index in [0.717, 1.165) is 115 Å². The number of aliphatic hydroxyl groups is 1. The standard InChI is InChI=1S/C66H124O17P2/c1-7-10-12-14-16-18-20-21-22-23-25-27-29-38-44-50-65(70)82-61(54-76-63(68)48-42-36-28-26-24-19-17-15-13-11-8-2)56-80-84(72,73)78-52-60(67)53-79-85(74,75)81-57-62(55-77-64(69)49-43-37-32-30-34-40-46-58(4)5)83-66(71)51-45-39-33-31-35-41-47-59(6)9-3/h18,20-22,58-62,67H,7-17,19,23-57H2,1-6H3,(H,72,73)(H,74,75)/b20-18-,22-21-/t59?,60-,61-,62-/m1/s1. The molecule has 0 aliphatic heterocycles. The molecule has 0 aliphatic carbocycles. The fourth-order valence-electron chi connectivity index (χ4n) is 9.31. The van der Waals surface area contributed by atoms with Crippen molar-refractivity contribution >= 4 is 39.5 Å². The Kier molecular flexibility index (Phi) is 56.3. The van der Waals surface area contributed by atoms with Crippen LogP contribution in [0.15, 0.2) is 24.3 Å². The van der Waals surface area contributed by atoms with Gasteiger partial charge in [-0.1, -0.05) is 252 Å². The van der Waals surface area contributed by atoms with Crippen LogP contribution in [0.4, 0.5) is 0 Å². The first-order valence-corrected chi connectivity index (χ1v) is 36.8. The van der Waals surface area contributed by atoms with Crippen LogP contribution in [0.25, 0.3) is 0 Å². The summed E-state index contributed by atoms with van der Waals surface area (Å²) in [6.07, 6.45) is 44.1. The molecule has 0 amide bonds.